The minimum absolute atomic E-state index is 0.0272. The second-order valence-corrected chi connectivity index (χ2v) is 6.26. The third-order valence-electron chi connectivity index (χ3n) is 3.44. The Kier molecular flexibility index (Phi) is 5.79. The van der Waals surface area contributed by atoms with Gasteiger partial charge in [0.2, 0.25) is 5.91 Å². The molecular weight excluding hydrogens is 327 g/mol. The van der Waals surface area contributed by atoms with E-state index in [-0.39, 0.29) is 17.4 Å². The van der Waals surface area contributed by atoms with Gasteiger partial charge < -0.3 is 10.4 Å². The minimum atomic E-state index is -1.58. The van der Waals surface area contributed by atoms with Gasteiger partial charge in [0, 0.05) is 10.8 Å². The first-order valence-corrected chi connectivity index (χ1v) is 7.88. The maximum atomic E-state index is 13.3. The molecule has 2 unspecified atom stereocenters. The van der Waals surface area contributed by atoms with Crippen LogP contribution in [0.2, 0.25) is 0 Å². The zero-order valence-electron chi connectivity index (χ0n) is 12.4. The normalized spacial score (nSPS) is 13.6. The molecule has 1 amide bonds. The Morgan fingerprint density at radius 1 is 1.30 bits per heavy atom. The van der Waals surface area contributed by atoms with E-state index < -0.39 is 30.1 Å². The number of nitrogens with one attached hydrogen (secondary N) is 1. The Bertz CT molecular complexity index is 653. The van der Waals surface area contributed by atoms with Gasteiger partial charge in [0.25, 0.3) is 0 Å². The molecule has 1 aromatic carbocycles. The number of thiophene rings is 1. The second kappa shape index (κ2) is 7.61. The number of benzene rings is 1. The van der Waals surface area contributed by atoms with Crippen LogP contribution in [-0.4, -0.2) is 17.6 Å². The van der Waals surface area contributed by atoms with E-state index in [0.29, 0.717) is 6.42 Å². The molecule has 0 spiro atoms. The largest absolute Gasteiger partial charge is 0.394 e. The zero-order chi connectivity index (χ0) is 17.0. The number of hydrogen-bond acceptors (Lipinski definition) is 3. The van der Waals surface area contributed by atoms with Gasteiger partial charge >= 0.3 is 0 Å². The SMILES string of the molecule is CC(Cc1cccs1)C(=O)NC(CO)c1cc(F)c(F)c(F)c1. The second-order valence-electron chi connectivity index (χ2n) is 5.23. The van der Waals surface area contributed by atoms with Crippen molar-refractivity contribution in [3.05, 3.63) is 57.5 Å². The maximum Gasteiger partial charge on any atom is 0.223 e. The molecule has 0 saturated heterocycles. The Morgan fingerprint density at radius 3 is 2.48 bits per heavy atom. The van der Waals surface area contributed by atoms with Gasteiger partial charge in [-0.3, -0.25) is 4.79 Å². The summed E-state index contributed by atoms with van der Waals surface area (Å²) in [6.07, 6.45) is 0.522. The fraction of sp³-hybridized carbons (Fsp3) is 0.312. The molecule has 1 aromatic heterocycles. The summed E-state index contributed by atoms with van der Waals surface area (Å²) in [5, 5.41) is 13.8. The number of rotatable bonds is 6. The molecule has 2 atom stereocenters. The van der Waals surface area contributed by atoms with Crippen LogP contribution in [0, 0.1) is 23.4 Å². The molecular formula is C16H16F3NO2S. The van der Waals surface area contributed by atoms with E-state index in [9.17, 15) is 23.1 Å². The fourth-order valence-electron chi connectivity index (χ4n) is 2.15. The molecule has 124 valence electrons. The molecule has 2 aromatic rings. The van der Waals surface area contributed by atoms with Gasteiger partial charge in [-0.25, -0.2) is 13.2 Å². The molecule has 2 rings (SSSR count). The minimum Gasteiger partial charge on any atom is -0.394 e. The Morgan fingerprint density at radius 2 is 1.96 bits per heavy atom. The van der Waals surface area contributed by atoms with Crippen LogP contribution < -0.4 is 5.32 Å². The van der Waals surface area contributed by atoms with Gasteiger partial charge in [0.1, 0.15) is 0 Å². The van der Waals surface area contributed by atoms with Crippen LogP contribution in [0.15, 0.2) is 29.6 Å². The summed E-state index contributed by atoms with van der Waals surface area (Å²) < 4.78 is 39.5. The summed E-state index contributed by atoms with van der Waals surface area (Å²) in [6.45, 7) is 1.16. The highest BCUT2D eigenvalue weighted by Crippen LogP contribution is 2.20. The van der Waals surface area contributed by atoms with Crippen molar-refractivity contribution in [3.8, 4) is 0 Å². The lowest BCUT2D eigenvalue weighted by Crippen LogP contribution is -2.35. The number of amides is 1. The van der Waals surface area contributed by atoms with Gasteiger partial charge in [0.15, 0.2) is 17.5 Å². The number of aliphatic hydroxyl groups excluding tert-OH is 1. The molecule has 7 heteroatoms. The molecule has 0 bridgehead atoms. The summed E-state index contributed by atoms with van der Waals surface area (Å²) in [6, 6.07) is 4.32. The predicted octanol–water partition coefficient (Wildman–Crippen LogP) is 3.19. The summed E-state index contributed by atoms with van der Waals surface area (Å²) in [5.74, 6) is -5.04. The van der Waals surface area contributed by atoms with Crippen molar-refractivity contribution in [1.82, 2.24) is 5.32 Å². The number of halogens is 3. The number of carbonyl (C=O) groups is 1. The highest BCUT2D eigenvalue weighted by atomic mass is 32.1. The molecule has 0 aliphatic heterocycles. The van der Waals surface area contributed by atoms with Crippen molar-refractivity contribution in [2.45, 2.75) is 19.4 Å². The van der Waals surface area contributed by atoms with Crippen LogP contribution in [-0.2, 0) is 11.2 Å². The van der Waals surface area contributed by atoms with Gasteiger partial charge in [-0.15, -0.1) is 11.3 Å². The summed E-state index contributed by atoms with van der Waals surface area (Å²) in [5.41, 5.74) is -0.0272. The zero-order valence-corrected chi connectivity index (χ0v) is 13.2. The molecule has 0 radical (unpaired) electrons. The quantitative estimate of drug-likeness (QED) is 0.792. The van der Waals surface area contributed by atoms with Gasteiger partial charge in [-0.05, 0) is 35.6 Å². The Hall–Kier alpha value is -1.86. The fourth-order valence-corrected chi connectivity index (χ4v) is 2.98. The Labute approximate surface area is 135 Å². The number of aliphatic hydroxyl groups is 1. The van der Waals surface area contributed by atoms with Gasteiger partial charge in [-0.2, -0.15) is 0 Å². The highest BCUT2D eigenvalue weighted by molar-refractivity contribution is 7.09. The van der Waals surface area contributed by atoms with Crippen molar-refractivity contribution in [3.63, 3.8) is 0 Å². The van der Waals surface area contributed by atoms with Crippen LogP contribution in [0.3, 0.4) is 0 Å². The molecule has 3 nitrogen and oxygen atoms in total. The van der Waals surface area contributed by atoms with Crippen molar-refractivity contribution in [2.75, 3.05) is 6.61 Å². The van der Waals surface area contributed by atoms with Crippen LogP contribution in [0.25, 0.3) is 0 Å². The topological polar surface area (TPSA) is 49.3 Å². The van der Waals surface area contributed by atoms with Crippen LogP contribution in [0.4, 0.5) is 13.2 Å². The highest BCUT2D eigenvalue weighted by Gasteiger charge is 2.21. The predicted molar refractivity (Wildman–Crippen MR) is 81.5 cm³/mol. The van der Waals surface area contributed by atoms with Crippen LogP contribution in [0.1, 0.15) is 23.4 Å². The maximum absolute atomic E-state index is 13.3. The molecule has 0 aliphatic carbocycles. The first kappa shape index (κ1) is 17.5. The van der Waals surface area contributed by atoms with E-state index >= 15 is 0 Å². The van der Waals surface area contributed by atoms with E-state index in [1.807, 2.05) is 17.5 Å². The summed E-state index contributed by atoms with van der Waals surface area (Å²) in [4.78, 5) is 13.2. The van der Waals surface area contributed by atoms with Crippen molar-refractivity contribution >= 4 is 17.2 Å². The van der Waals surface area contributed by atoms with Crippen LogP contribution >= 0.6 is 11.3 Å². The van der Waals surface area contributed by atoms with Crippen molar-refractivity contribution < 1.29 is 23.1 Å². The smallest absolute Gasteiger partial charge is 0.223 e. The van der Waals surface area contributed by atoms with Crippen molar-refractivity contribution in [1.29, 1.82) is 0 Å². The van der Waals surface area contributed by atoms with Gasteiger partial charge in [0.05, 0.1) is 12.6 Å². The molecule has 0 fully saturated rings. The van der Waals surface area contributed by atoms with E-state index in [0.717, 1.165) is 17.0 Å². The van der Waals surface area contributed by atoms with E-state index in [1.165, 1.54) is 11.3 Å². The lowest BCUT2D eigenvalue weighted by Gasteiger charge is -2.20. The monoisotopic (exact) mass is 343 g/mol. The average molecular weight is 343 g/mol. The Balaban J connectivity index is 2.08. The van der Waals surface area contributed by atoms with E-state index in [2.05, 4.69) is 5.32 Å². The lowest BCUT2D eigenvalue weighted by molar-refractivity contribution is -0.125. The molecule has 0 aliphatic rings. The standard InChI is InChI=1S/C16H16F3NO2S/c1-9(5-11-3-2-4-23-11)16(22)20-14(8-21)10-6-12(17)15(19)13(18)7-10/h2-4,6-7,9,14,21H,5,8H2,1H3,(H,20,22). The summed E-state index contributed by atoms with van der Waals surface area (Å²) >= 11 is 1.52. The van der Waals surface area contributed by atoms with Crippen LogP contribution in [0.5, 0.6) is 0 Å². The van der Waals surface area contributed by atoms with Gasteiger partial charge in [-0.1, -0.05) is 13.0 Å². The van der Waals surface area contributed by atoms with E-state index in [1.54, 1.807) is 6.92 Å². The van der Waals surface area contributed by atoms with E-state index in [4.69, 9.17) is 0 Å². The molecule has 0 saturated carbocycles. The average Bonchev–Trinajstić information content (AvgIpc) is 3.02. The molecule has 2 N–H and O–H groups in total. The first-order valence-electron chi connectivity index (χ1n) is 7.00. The van der Waals surface area contributed by atoms with Crippen molar-refractivity contribution in [2.24, 2.45) is 5.92 Å². The molecule has 23 heavy (non-hydrogen) atoms. The third-order valence-corrected chi connectivity index (χ3v) is 4.34. The number of carbonyl (C=O) groups excluding carboxylic acids is 1. The molecule has 1 heterocycles. The summed E-state index contributed by atoms with van der Waals surface area (Å²) in [7, 11) is 0. The number of hydrogen-bond donors (Lipinski definition) is 2. The lowest BCUT2D eigenvalue weighted by atomic mass is 10.0. The first-order chi connectivity index (χ1) is 10.9. The third kappa shape index (κ3) is 4.33.